The summed E-state index contributed by atoms with van der Waals surface area (Å²) < 4.78 is 5.37. The van der Waals surface area contributed by atoms with Crippen molar-refractivity contribution in [3.05, 3.63) is 35.8 Å². The quantitative estimate of drug-likeness (QED) is 0.754. The number of allylic oxidation sites excluding steroid dienone is 1. The molecule has 0 aromatic carbocycles. The summed E-state index contributed by atoms with van der Waals surface area (Å²) in [6.07, 6.45) is 8.62. The molecule has 2 heteroatoms. The molecule has 1 N–H and O–H groups in total. The number of hydrogen-bond donors (Lipinski definition) is 1. The fraction of sp³-hybridized carbons (Fsp3) is 0.538. The van der Waals surface area contributed by atoms with Crippen LogP contribution in [0.5, 0.6) is 0 Å². The van der Waals surface area contributed by atoms with Crippen molar-refractivity contribution >= 4 is 0 Å². The third-order valence-electron chi connectivity index (χ3n) is 3.22. The minimum Gasteiger partial charge on any atom is -0.466 e. The van der Waals surface area contributed by atoms with E-state index in [4.69, 9.17) is 4.42 Å². The topological polar surface area (TPSA) is 33.4 Å². The van der Waals surface area contributed by atoms with Crippen molar-refractivity contribution in [1.29, 1.82) is 0 Å². The van der Waals surface area contributed by atoms with E-state index in [0.717, 1.165) is 24.8 Å². The normalized spacial score (nSPS) is 30.7. The predicted molar refractivity (Wildman–Crippen MR) is 59.5 cm³/mol. The minimum absolute atomic E-state index is 0.612. The maximum Gasteiger partial charge on any atom is 0.140 e. The molecule has 0 saturated heterocycles. The third-order valence-corrected chi connectivity index (χ3v) is 3.22. The summed E-state index contributed by atoms with van der Waals surface area (Å²) in [5.74, 6) is 1.28. The number of rotatable bonds is 2. The third kappa shape index (κ3) is 2.00. The van der Waals surface area contributed by atoms with Gasteiger partial charge in [0.25, 0.3) is 0 Å². The molecule has 0 radical (unpaired) electrons. The van der Waals surface area contributed by atoms with E-state index in [1.165, 1.54) is 0 Å². The van der Waals surface area contributed by atoms with Gasteiger partial charge in [0.2, 0.25) is 0 Å². The number of furan rings is 1. The van der Waals surface area contributed by atoms with Gasteiger partial charge in [-0.25, -0.2) is 0 Å². The van der Waals surface area contributed by atoms with Crippen molar-refractivity contribution in [1.82, 2.24) is 0 Å². The lowest BCUT2D eigenvalue weighted by Gasteiger charge is -2.28. The van der Waals surface area contributed by atoms with Crippen molar-refractivity contribution in [2.24, 2.45) is 5.92 Å². The summed E-state index contributed by atoms with van der Waals surface area (Å²) in [6, 6.07) is 1.91. The van der Waals surface area contributed by atoms with Crippen LogP contribution in [-0.4, -0.2) is 5.11 Å². The fourth-order valence-electron chi connectivity index (χ4n) is 2.08. The molecule has 1 heterocycles. The lowest BCUT2D eigenvalue weighted by molar-refractivity contribution is 0.0437. The van der Waals surface area contributed by atoms with Crippen molar-refractivity contribution in [3.63, 3.8) is 0 Å². The van der Waals surface area contributed by atoms with E-state index in [-0.39, 0.29) is 0 Å². The molecule has 1 aliphatic rings. The SMILES string of the molecule is CCC1C=CC(O)(c2cc(C)co2)CC1. The van der Waals surface area contributed by atoms with E-state index in [2.05, 4.69) is 13.0 Å². The van der Waals surface area contributed by atoms with E-state index in [0.29, 0.717) is 11.7 Å². The maximum absolute atomic E-state index is 10.4. The minimum atomic E-state index is -0.875. The smallest absolute Gasteiger partial charge is 0.140 e. The predicted octanol–water partition coefficient (Wildman–Crippen LogP) is 3.15. The van der Waals surface area contributed by atoms with Gasteiger partial charge in [0, 0.05) is 0 Å². The first-order valence-corrected chi connectivity index (χ1v) is 5.61. The Balaban J connectivity index is 2.22. The summed E-state index contributed by atoms with van der Waals surface area (Å²) in [6.45, 7) is 4.15. The lowest BCUT2D eigenvalue weighted by atomic mass is 9.82. The molecule has 1 aromatic heterocycles. The van der Waals surface area contributed by atoms with Crippen molar-refractivity contribution < 1.29 is 9.52 Å². The van der Waals surface area contributed by atoms with Crippen LogP contribution < -0.4 is 0 Å². The van der Waals surface area contributed by atoms with Gasteiger partial charge in [0.1, 0.15) is 11.4 Å². The highest BCUT2D eigenvalue weighted by molar-refractivity contribution is 5.23. The molecular weight excluding hydrogens is 188 g/mol. The molecule has 0 fully saturated rings. The molecule has 2 rings (SSSR count). The van der Waals surface area contributed by atoms with Crippen LogP contribution in [0.3, 0.4) is 0 Å². The van der Waals surface area contributed by atoms with Crippen LogP contribution in [0.15, 0.2) is 28.9 Å². The highest BCUT2D eigenvalue weighted by Gasteiger charge is 2.32. The zero-order valence-electron chi connectivity index (χ0n) is 9.36. The highest BCUT2D eigenvalue weighted by Crippen LogP contribution is 2.36. The second kappa shape index (κ2) is 3.86. The van der Waals surface area contributed by atoms with Gasteiger partial charge in [0.05, 0.1) is 6.26 Å². The standard InChI is InChI=1S/C13H18O2/c1-3-11-4-6-13(14,7-5-11)12-8-10(2)9-15-12/h4,6,8-9,11,14H,3,5,7H2,1-2H3. The van der Waals surface area contributed by atoms with Gasteiger partial charge < -0.3 is 9.52 Å². The average Bonchev–Trinajstić information content (AvgIpc) is 2.67. The molecule has 0 aliphatic heterocycles. The zero-order valence-corrected chi connectivity index (χ0v) is 9.36. The van der Waals surface area contributed by atoms with E-state index >= 15 is 0 Å². The lowest BCUT2D eigenvalue weighted by Crippen LogP contribution is -2.26. The van der Waals surface area contributed by atoms with Gasteiger partial charge in [-0.15, -0.1) is 0 Å². The van der Waals surface area contributed by atoms with Gasteiger partial charge >= 0.3 is 0 Å². The Bertz CT molecular complexity index is 364. The molecule has 0 bridgehead atoms. The van der Waals surface area contributed by atoms with E-state index < -0.39 is 5.60 Å². The van der Waals surface area contributed by atoms with E-state index in [9.17, 15) is 5.11 Å². The number of aryl methyl sites for hydroxylation is 1. The first kappa shape index (κ1) is 10.5. The Morgan fingerprint density at radius 2 is 2.40 bits per heavy atom. The van der Waals surface area contributed by atoms with Crippen LogP contribution in [0.1, 0.15) is 37.5 Å². The van der Waals surface area contributed by atoms with Gasteiger partial charge in [-0.1, -0.05) is 13.0 Å². The summed E-state index contributed by atoms with van der Waals surface area (Å²) >= 11 is 0. The average molecular weight is 206 g/mol. The Hall–Kier alpha value is -1.02. The van der Waals surface area contributed by atoms with Gasteiger partial charge in [-0.05, 0) is 49.8 Å². The molecule has 2 atom stereocenters. The van der Waals surface area contributed by atoms with Crippen LogP contribution in [0.4, 0.5) is 0 Å². The summed E-state index contributed by atoms with van der Waals surface area (Å²) in [4.78, 5) is 0. The van der Waals surface area contributed by atoms with Crippen molar-refractivity contribution in [2.75, 3.05) is 0 Å². The Morgan fingerprint density at radius 1 is 1.60 bits per heavy atom. The molecule has 0 amide bonds. The maximum atomic E-state index is 10.4. The molecule has 15 heavy (non-hydrogen) atoms. The summed E-state index contributed by atoms with van der Waals surface area (Å²) in [5.41, 5.74) is 0.185. The first-order valence-electron chi connectivity index (χ1n) is 5.61. The van der Waals surface area contributed by atoms with E-state index in [1.807, 2.05) is 19.1 Å². The molecular formula is C13H18O2. The molecule has 0 saturated carbocycles. The molecule has 82 valence electrons. The summed E-state index contributed by atoms with van der Waals surface area (Å²) in [7, 11) is 0. The fourth-order valence-corrected chi connectivity index (χ4v) is 2.08. The Morgan fingerprint density at radius 3 is 2.87 bits per heavy atom. The van der Waals surface area contributed by atoms with Crippen LogP contribution >= 0.6 is 0 Å². The van der Waals surface area contributed by atoms with Crippen LogP contribution in [-0.2, 0) is 5.60 Å². The Labute approximate surface area is 90.6 Å². The Kier molecular flexibility index (Phi) is 2.70. The first-order chi connectivity index (χ1) is 7.14. The van der Waals surface area contributed by atoms with Crippen LogP contribution in [0.2, 0.25) is 0 Å². The van der Waals surface area contributed by atoms with Gasteiger partial charge in [0.15, 0.2) is 0 Å². The molecule has 1 aromatic rings. The van der Waals surface area contributed by atoms with Crippen LogP contribution in [0.25, 0.3) is 0 Å². The second-order valence-electron chi connectivity index (χ2n) is 4.48. The largest absolute Gasteiger partial charge is 0.466 e. The molecule has 2 nitrogen and oxygen atoms in total. The summed E-state index contributed by atoms with van der Waals surface area (Å²) in [5, 5.41) is 10.4. The van der Waals surface area contributed by atoms with E-state index in [1.54, 1.807) is 6.26 Å². The van der Waals surface area contributed by atoms with Crippen LogP contribution in [0, 0.1) is 12.8 Å². The number of hydrogen-bond acceptors (Lipinski definition) is 2. The zero-order chi connectivity index (χ0) is 10.9. The highest BCUT2D eigenvalue weighted by atomic mass is 16.4. The molecule has 0 spiro atoms. The number of aliphatic hydroxyl groups is 1. The van der Waals surface area contributed by atoms with Crippen molar-refractivity contribution in [3.8, 4) is 0 Å². The van der Waals surface area contributed by atoms with Gasteiger partial charge in [-0.2, -0.15) is 0 Å². The monoisotopic (exact) mass is 206 g/mol. The van der Waals surface area contributed by atoms with Crippen molar-refractivity contribution in [2.45, 2.75) is 38.7 Å². The molecule has 1 aliphatic carbocycles. The molecule has 2 unspecified atom stereocenters. The second-order valence-corrected chi connectivity index (χ2v) is 4.48. The van der Waals surface area contributed by atoms with Gasteiger partial charge in [-0.3, -0.25) is 0 Å².